The van der Waals surface area contributed by atoms with Crippen LogP contribution in [0.4, 0.5) is 0 Å². The minimum absolute atomic E-state index is 0.329. The number of aliphatic carboxylic acids is 1. The van der Waals surface area contributed by atoms with Gasteiger partial charge in [0, 0.05) is 18.8 Å². The number of hydrogen-bond donors (Lipinski definition) is 1. The first-order valence-corrected chi connectivity index (χ1v) is 5.79. The van der Waals surface area contributed by atoms with Crippen molar-refractivity contribution in [3.05, 3.63) is 0 Å². The Bertz CT molecular complexity index is 219. The molecule has 0 bridgehead atoms. The quantitative estimate of drug-likeness (QED) is 0.728. The largest absolute Gasteiger partial charge is 0.481 e. The number of rotatable bonds is 3. The van der Waals surface area contributed by atoms with E-state index in [9.17, 15) is 9.00 Å². The van der Waals surface area contributed by atoms with Crippen LogP contribution in [0, 0.1) is 5.92 Å². The molecule has 1 heterocycles. The predicted octanol–water partition coefficient (Wildman–Crippen LogP) is 0.467. The average Bonchev–Trinajstić information content (AvgIpc) is 2.17. The number of hydrogen-bond acceptors (Lipinski definition) is 2. The highest BCUT2D eigenvalue weighted by atomic mass is 32.2. The maximum absolute atomic E-state index is 11.4. The fourth-order valence-electron chi connectivity index (χ4n) is 1.51. The average molecular weight is 205 g/mol. The number of carboxylic acids is 1. The van der Waals surface area contributed by atoms with Gasteiger partial charge in [-0.05, 0) is 12.8 Å². The second kappa shape index (κ2) is 4.72. The van der Waals surface area contributed by atoms with Gasteiger partial charge in [0.15, 0.2) is 0 Å². The van der Waals surface area contributed by atoms with Crippen molar-refractivity contribution in [1.82, 2.24) is 4.31 Å². The van der Waals surface area contributed by atoms with E-state index < -0.39 is 17.0 Å². The Balaban J connectivity index is 2.51. The van der Waals surface area contributed by atoms with Gasteiger partial charge >= 0.3 is 5.97 Å². The van der Waals surface area contributed by atoms with Crippen LogP contribution < -0.4 is 0 Å². The van der Waals surface area contributed by atoms with E-state index in [1.54, 1.807) is 4.31 Å². The van der Waals surface area contributed by atoms with E-state index in [0.29, 0.717) is 18.7 Å². The Morgan fingerprint density at radius 3 is 2.92 bits per heavy atom. The molecule has 1 N–H and O–H groups in total. The van der Waals surface area contributed by atoms with E-state index in [2.05, 4.69) is 0 Å². The fraction of sp³-hybridized carbons (Fsp3) is 0.875. The Morgan fingerprint density at radius 1 is 1.69 bits per heavy atom. The maximum atomic E-state index is 11.4. The van der Waals surface area contributed by atoms with Gasteiger partial charge in [-0.2, -0.15) is 0 Å². The molecule has 4 nitrogen and oxygen atoms in total. The van der Waals surface area contributed by atoms with Crippen molar-refractivity contribution in [2.75, 3.05) is 18.8 Å². The van der Waals surface area contributed by atoms with E-state index >= 15 is 0 Å². The van der Waals surface area contributed by atoms with E-state index in [0.717, 1.165) is 13.0 Å². The third-order valence-electron chi connectivity index (χ3n) is 2.27. The summed E-state index contributed by atoms with van der Waals surface area (Å²) in [6.45, 7) is 3.06. The molecule has 76 valence electrons. The summed E-state index contributed by atoms with van der Waals surface area (Å²) in [6.07, 6.45) is 1.55. The molecule has 2 atom stereocenters. The lowest BCUT2D eigenvalue weighted by Crippen LogP contribution is -2.40. The van der Waals surface area contributed by atoms with Gasteiger partial charge in [-0.1, -0.05) is 6.92 Å². The molecule has 1 unspecified atom stereocenters. The van der Waals surface area contributed by atoms with Gasteiger partial charge in [-0.25, -0.2) is 8.51 Å². The summed E-state index contributed by atoms with van der Waals surface area (Å²) in [5, 5.41) is 8.78. The second-order valence-electron chi connectivity index (χ2n) is 3.18. The Hall–Kier alpha value is -0.420. The Kier molecular flexibility index (Phi) is 3.87. The topological polar surface area (TPSA) is 57.6 Å². The van der Waals surface area contributed by atoms with Crippen LogP contribution in [0.3, 0.4) is 0 Å². The lowest BCUT2D eigenvalue weighted by Gasteiger charge is -2.28. The predicted molar refractivity (Wildman–Crippen MR) is 50.6 cm³/mol. The minimum Gasteiger partial charge on any atom is -0.481 e. The lowest BCUT2D eigenvalue weighted by atomic mass is 10.0. The normalized spacial score (nSPS) is 27.0. The summed E-state index contributed by atoms with van der Waals surface area (Å²) in [4.78, 5) is 10.7. The van der Waals surface area contributed by atoms with Gasteiger partial charge < -0.3 is 5.11 Å². The molecule has 13 heavy (non-hydrogen) atoms. The third kappa shape index (κ3) is 2.77. The summed E-state index contributed by atoms with van der Waals surface area (Å²) < 4.78 is 13.1. The molecule has 0 spiro atoms. The van der Waals surface area contributed by atoms with Crippen LogP contribution in [0.1, 0.15) is 19.8 Å². The van der Waals surface area contributed by atoms with Gasteiger partial charge in [-0.15, -0.1) is 0 Å². The van der Waals surface area contributed by atoms with Crippen molar-refractivity contribution in [2.24, 2.45) is 5.92 Å². The van der Waals surface area contributed by atoms with Crippen LogP contribution in [-0.2, 0) is 15.8 Å². The van der Waals surface area contributed by atoms with Crippen molar-refractivity contribution in [3.63, 3.8) is 0 Å². The lowest BCUT2D eigenvalue weighted by molar-refractivity contribution is -0.142. The van der Waals surface area contributed by atoms with E-state index in [1.807, 2.05) is 6.92 Å². The first kappa shape index (κ1) is 10.7. The molecule has 0 aromatic carbocycles. The van der Waals surface area contributed by atoms with Crippen LogP contribution in [0.25, 0.3) is 0 Å². The number of piperidine rings is 1. The summed E-state index contributed by atoms with van der Waals surface area (Å²) in [5.41, 5.74) is 0. The van der Waals surface area contributed by atoms with E-state index in [1.165, 1.54) is 0 Å². The Morgan fingerprint density at radius 2 is 2.38 bits per heavy atom. The van der Waals surface area contributed by atoms with Crippen molar-refractivity contribution < 1.29 is 14.1 Å². The highest BCUT2D eigenvalue weighted by Gasteiger charge is 2.27. The minimum atomic E-state index is -0.981. The molecular weight excluding hydrogens is 190 g/mol. The van der Waals surface area contributed by atoms with Crippen LogP contribution in [0.2, 0.25) is 0 Å². The van der Waals surface area contributed by atoms with Crippen LogP contribution in [0.15, 0.2) is 0 Å². The fourth-order valence-corrected chi connectivity index (χ4v) is 2.56. The zero-order chi connectivity index (χ0) is 9.84. The Labute approximate surface area is 80.5 Å². The number of carboxylic acid groups (broad SMARTS) is 1. The second-order valence-corrected chi connectivity index (χ2v) is 4.91. The summed E-state index contributed by atoms with van der Waals surface area (Å²) in [6, 6.07) is 0. The van der Waals surface area contributed by atoms with Crippen molar-refractivity contribution in [3.8, 4) is 0 Å². The van der Waals surface area contributed by atoms with Gasteiger partial charge in [0.05, 0.1) is 16.9 Å². The molecule has 5 heteroatoms. The summed E-state index contributed by atoms with van der Waals surface area (Å²) in [5.74, 6) is -0.520. The molecule has 1 rings (SSSR count). The molecule has 0 saturated carbocycles. The number of nitrogens with zero attached hydrogens (tertiary/aromatic N) is 1. The molecular formula is C8H15NO3S. The highest BCUT2D eigenvalue weighted by Crippen LogP contribution is 2.17. The molecule has 0 amide bonds. The third-order valence-corrected chi connectivity index (χ3v) is 3.67. The SMILES string of the molecule is CCS(=O)N1CCC[C@@H](C(=O)O)C1. The highest BCUT2D eigenvalue weighted by molar-refractivity contribution is 7.82. The van der Waals surface area contributed by atoms with Crippen LogP contribution >= 0.6 is 0 Å². The first-order chi connectivity index (χ1) is 6.15. The monoisotopic (exact) mass is 205 g/mol. The molecule has 1 aliphatic heterocycles. The summed E-state index contributed by atoms with van der Waals surface area (Å²) in [7, 11) is -0.981. The zero-order valence-electron chi connectivity index (χ0n) is 7.73. The molecule has 0 aromatic rings. The van der Waals surface area contributed by atoms with Crippen LogP contribution in [-0.4, -0.2) is 38.4 Å². The van der Waals surface area contributed by atoms with E-state index in [-0.39, 0.29) is 5.92 Å². The molecule has 0 aromatic heterocycles. The van der Waals surface area contributed by atoms with Gasteiger partial charge in [0.25, 0.3) is 0 Å². The molecule has 0 radical (unpaired) electrons. The first-order valence-electron chi connectivity index (χ1n) is 4.51. The number of carbonyl (C=O) groups is 1. The molecule has 1 aliphatic rings. The standard InChI is InChI=1S/C8H15NO3S/c1-2-13(12)9-5-3-4-7(6-9)8(10)11/h7H,2-6H2,1H3,(H,10,11)/t7-,13?/m1/s1. The van der Waals surface area contributed by atoms with Gasteiger partial charge in [0.1, 0.15) is 0 Å². The summed E-state index contributed by atoms with van der Waals surface area (Å²) >= 11 is 0. The maximum Gasteiger partial charge on any atom is 0.307 e. The smallest absolute Gasteiger partial charge is 0.307 e. The van der Waals surface area contributed by atoms with Crippen molar-refractivity contribution in [1.29, 1.82) is 0 Å². The van der Waals surface area contributed by atoms with Crippen molar-refractivity contribution >= 4 is 17.0 Å². The molecule has 0 aliphatic carbocycles. The van der Waals surface area contributed by atoms with Crippen molar-refractivity contribution in [2.45, 2.75) is 19.8 Å². The van der Waals surface area contributed by atoms with E-state index in [4.69, 9.17) is 5.11 Å². The van der Waals surface area contributed by atoms with Crippen LogP contribution in [0.5, 0.6) is 0 Å². The zero-order valence-corrected chi connectivity index (χ0v) is 8.55. The molecule has 1 saturated heterocycles. The van der Waals surface area contributed by atoms with Gasteiger partial charge in [0.2, 0.25) is 0 Å². The molecule has 1 fully saturated rings. The van der Waals surface area contributed by atoms with Gasteiger partial charge in [-0.3, -0.25) is 4.79 Å².